The summed E-state index contributed by atoms with van der Waals surface area (Å²) in [4.78, 5) is 17.9. The number of hydrogen-bond acceptors (Lipinski definition) is 5. The molecule has 0 unspecified atom stereocenters. The molecule has 0 spiro atoms. The van der Waals surface area contributed by atoms with Crippen molar-refractivity contribution in [2.75, 3.05) is 51.2 Å². The maximum Gasteiger partial charge on any atom is 0.269 e. The molecule has 2 fully saturated rings. The molecule has 0 atom stereocenters. The molecule has 126 valence electrons. The van der Waals surface area contributed by atoms with E-state index in [1.165, 1.54) is 25.9 Å². The van der Waals surface area contributed by atoms with Gasteiger partial charge in [-0.05, 0) is 51.5 Å². The van der Waals surface area contributed by atoms with E-state index in [1.54, 1.807) is 12.1 Å². The number of nitro benzene ring substituents is 1. The molecule has 0 aliphatic carbocycles. The summed E-state index contributed by atoms with van der Waals surface area (Å²) in [6.07, 6.45) is 2.54. The molecule has 0 bridgehead atoms. The molecule has 0 amide bonds. The number of likely N-dealkylation sites (tertiary alicyclic amines) is 1. The number of aryl methyl sites for hydroxylation is 1. The van der Waals surface area contributed by atoms with Crippen LogP contribution in [-0.2, 0) is 0 Å². The monoisotopic (exact) mass is 318 g/mol. The van der Waals surface area contributed by atoms with Crippen molar-refractivity contribution in [3.8, 4) is 0 Å². The van der Waals surface area contributed by atoms with Crippen molar-refractivity contribution in [1.29, 1.82) is 0 Å². The van der Waals surface area contributed by atoms with E-state index in [-0.39, 0.29) is 10.6 Å². The highest BCUT2D eigenvalue weighted by molar-refractivity contribution is 5.57. The molecular weight excluding hydrogens is 292 g/mol. The first-order chi connectivity index (χ1) is 11.0. The van der Waals surface area contributed by atoms with Gasteiger partial charge in [-0.1, -0.05) is 0 Å². The van der Waals surface area contributed by atoms with Crippen LogP contribution < -0.4 is 4.90 Å². The lowest BCUT2D eigenvalue weighted by Crippen LogP contribution is -2.53. The lowest BCUT2D eigenvalue weighted by atomic mass is 10.0. The predicted molar refractivity (Wildman–Crippen MR) is 92.1 cm³/mol. The van der Waals surface area contributed by atoms with Gasteiger partial charge in [0.2, 0.25) is 0 Å². The molecule has 0 saturated carbocycles. The van der Waals surface area contributed by atoms with Crippen LogP contribution in [0.4, 0.5) is 11.4 Å². The Labute approximate surface area is 137 Å². The van der Waals surface area contributed by atoms with Gasteiger partial charge in [0.05, 0.1) is 4.92 Å². The second kappa shape index (κ2) is 6.84. The Hall–Kier alpha value is -1.66. The molecule has 6 nitrogen and oxygen atoms in total. The Bertz CT molecular complexity index is 562. The summed E-state index contributed by atoms with van der Waals surface area (Å²) < 4.78 is 0. The van der Waals surface area contributed by atoms with Crippen LogP contribution >= 0.6 is 0 Å². The smallest absolute Gasteiger partial charge is 0.269 e. The van der Waals surface area contributed by atoms with Crippen molar-refractivity contribution in [2.45, 2.75) is 25.8 Å². The minimum Gasteiger partial charge on any atom is -0.369 e. The molecule has 3 rings (SSSR count). The molecule has 1 aromatic rings. The summed E-state index contributed by atoms with van der Waals surface area (Å²) in [6, 6.07) is 5.93. The SMILES string of the molecule is Cc1cc([N+](=O)[O-])ccc1N1CCN(C2CCN(C)CC2)CC1. The molecule has 0 aromatic heterocycles. The van der Waals surface area contributed by atoms with E-state index in [9.17, 15) is 10.1 Å². The number of piperazine rings is 1. The molecule has 2 aliphatic heterocycles. The quantitative estimate of drug-likeness (QED) is 0.631. The summed E-state index contributed by atoms with van der Waals surface area (Å²) in [7, 11) is 2.20. The molecule has 23 heavy (non-hydrogen) atoms. The minimum atomic E-state index is -0.325. The van der Waals surface area contributed by atoms with E-state index in [2.05, 4.69) is 21.7 Å². The minimum absolute atomic E-state index is 0.177. The molecule has 0 radical (unpaired) electrons. The van der Waals surface area contributed by atoms with E-state index in [1.807, 2.05) is 13.0 Å². The highest BCUT2D eigenvalue weighted by atomic mass is 16.6. The van der Waals surface area contributed by atoms with Crippen LogP contribution in [0.1, 0.15) is 18.4 Å². The Morgan fingerprint density at radius 3 is 2.30 bits per heavy atom. The van der Waals surface area contributed by atoms with Crippen LogP contribution in [0.2, 0.25) is 0 Å². The number of nitrogens with zero attached hydrogens (tertiary/aromatic N) is 4. The third-order valence-corrected chi connectivity index (χ3v) is 5.25. The van der Waals surface area contributed by atoms with Crippen molar-refractivity contribution in [1.82, 2.24) is 9.80 Å². The zero-order valence-corrected chi connectivity index (χ0v) is 14.1. The molecule has 1 aromatic carbocycles. The standard InChI is InChI=1S/C17H26N4O2/c1-14-13-16(21(22)23)3-4-17(14)20-11-9-19(10-12-20)15-5-7-18(2)8-6-15/h3-4,13,15H,5-12H2,1-2H3. The fraction of sp³-hybridized carbons (Fsp3) is 0.647. The van der Waals surface area contributed by atoms with Gasteiger partial charge < -0.3 is 9.80 Å². The van der Waals surface area contributed by atoms with Crippen LogP contribution in [0, 0.1) is 17.0 Å². The van der Waals surface area contributed by atoms with E-state index < -0.39 is 0 Å². The number of piperidine rings is 1. The second-order valence-corrected chi connectivity index (χ2v) is 6.79. The van der Waals surface area contributed by atoms with E-state index in [0.717, 1.165) is 43.5 Å². The van der Waals surface area contributed by atoms with Crippen LogP contribution in [0.25, 0.3) is 0 Å². The van der Waals surface area contributed by atoms with Crippen LogP contribution in [0.15, 0.2) is 18.2 Å². The molecule has 2 heterocycles. The first-order valence-corrected chi connectivity index (χ1v) is 8.47. The number of non-ortho nitro benzene ring substituents is 1. The van der Waals surface area contributed by atoms with Gasteiger partial charge in [0.25, 0.3) is 5.69 Å². The predicted octanol–water partition coefficient (Wildman–Crippen LogP) is 2.12. The average molecular weight is 318 g/mol. The largest absolute Gasteiger partial charge is 0.369 e. The fourth-order valence-corrected chi connectivity index (χ4v) is 3.80. The van der Waals surface area contributed by atoms with Gasteiger partial charge in [0, 0.05) is 50.0 Å². The average Bonchev–Trinajstić information content (AvgIpc) is 2.56. The van der Waals surface area contributed by atoms with Crippen molar-refractivity contribution >= 4 is 11.4 Å². The zero-order chi connectivity index (χ0) is 16.4. The molecule has 2 aliphatic rings. The number of benzene rings is 1. The summed E-state index contributed by atoms with van der Waals surface area (Å²) in [6.45, 7) is 8.55. The van der Waals surface area contributed by atoms with Crippen molar-refractivity contribution in [3.63, 3.8) is 0 Å². The number of rotatable bonds is 3. The highest BCUT2D eigenvalue weighted by Crippen LogP contribution is 2.26. The molecular formula is C17H26N4O2. The number of hydrogen-bond donors (Lipinski definition) is 0. The number of nitro groups is 1. The van der Waals surface area contributed by atoms with Crippen molar-refractivity contribution < 1.29 is 4.92 Å². The van der Waals surface area contributed by atoms with Crippen LogP contribution in [0.5, 0.6) is 0 Å². The van der Waals surface area contributed by atoms with Crippen molar-refractivity contribution in [2.24, 2.45) is 0 Å². The summed E-state index contributed by atoms with van der Waals surface area (Å²) in [5, 5.41) is 10.9. The topological polar surface area (TPSA) is 52.9 Å². The Morgan fingerprint density at radius 2 is 1.74 bits per heavy atom. The lowest BCUT2D eigenvalue weighted by Gasteiger charge is -2.43. The van der Waals surface area contributed by atoms with Crippen LogP contribution in [-0.4, -0.2) is 67.1 Å². The Morgan fingerprint density at radius 1 is 1.09 bits per heavy atom. The summed E-state index contributed by atoms with van der Waals surface area (Å²) in [5.41, 5.74) is 2.31. The van der Waals surface area contributed by atoms with E-state index in [4.69, 9.17) is 0 Å². The van der Waals surface area contributed by atoms with Gasteiger partial charge in [0.1, 0.15) is 0 Å². The second-order valence-electron chi connectivity index (χ2n) is 6.79. The molecule has 6 heteroatoms. The number of anilines is 1. The first-order valence-electron chi connectivity index (χ1n) is 8.47. The zero-order valence-electron chi connectivity index (χ0n) is 14.1. The van der Waals surface area contributed by atoms with E-state index >= 15 is 0 Å². The van der Waals surface area contributed by atoms with Gasteiger partial charge in [-0.25, -0.2) is 0 Å². The van der Waals surface area contributed by atoms with Gasteiger partial charge in [0.15, 0.2) is 0 Å². The van der Waals surface area contributed by atoms with Gasteiger partial charge in [-0.15, -0.1) is 0 Å². The van der Waals surface area contributed by atoms with Gasteiger partial charge >= 0.3 is 0 Å². The maximum atomic E-state index is 10.9. The fourth-order valence-electron chi connectivity index (χ4n) is 3.80. The maximum absolute atomic E-state index is 10.9. The first kappa shape index (κ1) is 16.2. The summed E-state index contributed by atoms with van der Waals surface area (Å²) in [5.74, 6) is 0. The third kappa shape index (κ3) is 3.64. The summed E-state index contributed by atoms with van der Waals surface area (Å²) >= 11 is 0. The van der Waals surface area contributed by atoms with E-state index in [0.29, 0.717) is 0 Å². The van der Waals surface area contributed by atoms with Crippen LogP contribution in [0.3, 0.4) is 0 Å². The van der Waals surface area contributed by atoms with Crippen molar-refractivity contribution in [3.05, 3.63) is 33.9 Å². The Kier molecular flexibility index (Phi) is 4.82. The molecule has 0 N–H and O–H groups in total. The highest BCUT2D eigenvalue weighted by Gasteiger charge is 2.27. The lowest BCUT2D eigenvalue weighted by molar-refractivity contribution is -0.384. The van der Waals surface area contributed by atoms with Gasteiger partial charge in [-0.2, -0.15) is 0 Å². The normalized spacial score (nSPS) is 21.6. The molecule has 2 saturated heterocycles. The van der Waals surface area contributed by atoms with Gasteiger partial charge in [-0.3, -0.25) is 15.0 Å². The third-order valence-electron chi connectivity index (χ3n) is 5.25. The Balaban J connectivity index is 1.59.